The highest BCUT2D eigenvalue weighted by Crippen LogP contribution is 2.38. The number of halogens is 5. The van der Waals surface area contributed by atoms with Crippen LogP contribution in [-0.4, -0.2) is 41.3 Å². The number of carboxylic acid groups (broad SMARTS) is 1. The quantitative estimate of drug-likeness (QED) is 0.785. The lowest BCUT2D eigenvalue weighted by Gasteiger charge is -2.19. The van der Waals surface area contributed by atoms with Gasteiger partial charge in [0.25, 0.3) is 0 Å². The van der Waals surface area contributed by atoms with Crippen LogP contribution in [-0.2, 0) is 4.79 Å². The number of likely N-dealkylation sites (tertiary alicyclic amines) is 1. The maximum Gasteiger partial charge on any atom is 0.394 e. The molecule has 1 aromatic rings. The fraction of sp³-hybridized carbons (Fsp3) is 0.429. The van der Waals surface area contributed by atoms with Crippen molar-refractivity contribution in [2.24, 2.45) is 11.8 Å². The summed E-state index contributed by atoms with van der Waals surface area (Å²) in [7, 11) is 0. The van der Waals surface area contributed by atoms with Crippen molar-refractivity contribution in [3.63, 3.8) is 0 Å². The van der Waals surface area contributed by atoms with E-state index in [1.807, 2.05) is 0 Å². The van der Waals surface area contributed by atoms with E-state index in [9.17, 15) is 27.2 Å². The number of carbonyl (C=O) groups is 2. The molecule has 1 saturated heterocycles. The largest absolute Gasteiger partial charge is 0.481 e. The number of urea groups is 1. The molecule has 24 heavy (non-hydrogen) atoms. The van der Waals surface area contributed by atoms with E-state index in [1.165, 1.54) is 13.0 Å². The van der Waals surface area contributed by atoms with Gasteiger partial charge in [-0.1, -0.05) is 11.6 Å². The molecular formula is C14H13ClF4N2O3. The average molecular weight is 369 g/mol. The van der Waals surface area contributed by atoms with Crippen LogP contribution in [0.2, 0.25) is 5.02 Å². The molecule has 0 radical (unpaired) electrons. The first-order chi connectivity index (χ1) is 11.0. The maximum absolute atomic E-state index is 13.5. The van der Waals surface area contributed by atoms with Crippen LogP contribution in [0.15, 0.2) is 12.1 Å². The molecule has 10 heteroatoms. The molecule has 5 nitrogen and oxygen atoms in total. The Morgan fingerprint density at radius 3 is 2.46 bits per heavy atom. The van der Waals surface area contributed by atoms with Crippen molar-refractivity contribution in [2.75, 3.05) is 18.4 Å². The Morgan fingerprint density at radius 1 is 1.33 bits per heavy atom. The second-order valence-electron chi connectivity index (χ2n) is 5.46. The Hall–Kier alpha value is -2.03. The number of hydrogen-bond acceptors (Lipinski definition) is 2. The van der Waals surface area contributed by atoms with E-state index >= 15 is 0 Å². The maximum atomic E-state index is 13.5. The third-order valence-corrected chi connectivity index (χ3v) is 4.24. The van der Waals surface area contributed by atoms with Gasteiger partial charge in [0.1, 0.15) is 5.82 Å². The number of carboxylic acids is 1. The predicted molar refractivity (Wildman–Crippen MR) is 77.4 cm³/mol. The number of amides is 2. The van der Waals surface area contributed by atoms with Crippen molar-refractivity contribution >= 4 is 29.3 Å². The zero-order chi connectivity index (χ0) is 18.2. The van der Waals surface area contributed by atoms with Crippen LogP contribution in [0.1, 0.15) is 5.56 Å². The van der Waals surface area contributed by atoms with E-state index in [-0.39, 0.29) is 16.3 Å². The fourth-order valence-electron chi connectivity index (χ4n) is 2.54. The minimum Gasteiger partial charge on any atom is -0.481 e. The molecule has 0 aromatic heterocycles. The number of carbonyl (C=O) groups excluding carboxylic acids is 1. The molecule has 0 aliphatic carbocycles. The average Bonchev–Trinajstić information content (AvgIpc) is 2.93. The molecule has 2 amide bonds. The predicted octanol–water partition coefficient (Wildman–Crippen LogP) is 3.51. The minimum absolute atomic E-state index is 0.0172. The van der Waals surface area contributed by atoms with Gasteiger partial charge in [-0.05, 0) is 19.1 Å². The zero-order valence-electron chi connectivity index (χ0n) is 12.3. The monoisotopic (exact) mass is 368 g/mol. The van der Waals surface area contributed by atoms with Gasteiger partial charge >= 0.3 is 18.2 Å². The van der Waals surface area contributed by atoms with Gasteiger partial charge in [0.2, 0.25) is 0 Å². The lowest BCUT2D eigenvalue weighted by molar-refractivity contribution is -0.187. The minimum atomic E-state index is -4.75. The molecule has 1 aromatic carbocycles. The first-order valence-electron chi connectivity index (χ1n) is 6.82. The molecule has 0 saturated carbocycles. The fourth-order valence-corrected chi connectivity index (χ4v) is 2.80. The number of anilines is 1. The first-order valence-corrected chi connectivity index (χ1v) is 7.20. The van der Waals surface area contributed by atoms with Gasteiger partial charge in [-0.2, -0.15) is 13.2 Å². The molecule has 1 heterocycles. The third-order valence-electron chi connectivity index (χ3n) is 3.92. The number of nitrogens with one attached hydrogen (secondary N) is 1. The number of nitrogens with zero attached hydrogens (tertiary/aromatic N) is 1. The topological polar surface area (TPSA) is 69.6 Å². The number of benzene rings is 1. The normalized spacial score (nSPS) is 21.0. The van der Waals surface area contributed by atoms with Crippen molar-refractivity contribution in [1.29, 1.82) is 0 Å². The summed E-state index contributed by atoms with van der Waals surface area (Å²) in [6.07, 6.45) is -4.75. The van der Waals surface area contributed by atoms with Crippen molar-refractivity contribution in [2.45, 2.75) is 13.1 Å². The van der Waals surface area contributed by atoms with E-state index in [1.54, 1.807) is 0 Å². The molecule has 2 N–H and O–H groups in total. The number of aliphatic carboxylic acids is 1. The highest BCUT2D eigenvalue weighted by atomic mass is 35.5. The lowest BCUT2D eigenvalue weighted by atomic mass is 9.96. The summed E-state index contributed by atoms with van der Waals surface area (Å²) in [6.45, 7) is -0.0466. The molecule has 0 bridgehead atoms. The number of alkyl halides is 3. The summed E-state index contributed by atoms with van der Waals surface area (Å²) in [5.41, 5.74) is -0.0406. The molecule has 1 fully saturated rings. The highest BCUT2D eigenvalue weighted by Gasteiger charge is 2.53. The van der Waals surface area contributed by atoms with Gasteiger partial charge in [-0.25, -0.2) is 9.18 Å². The Kier molecular flexibility index (Phi) is 4.93. The summed E-state index contributed by atoms with van der Waals surface area (Å²) in [5, 5.41) is 11.2. The third kappa shape index (κ3) is 3.55. The molecule has 2 rings (SSSR count). The van der Waals surface area contributed by atoms with Crippen molar-refractivity contribution < 1.29 is 32.3 Å². The summed E-state index contributed by atoms with van der Waals surface area (Å²) in [5.74, 6) is -6.19. The standard InChI is InChI=1S/C14H13ClF4N2O3/c1-6-10(16)3-2-9(15)11(6)20-13(24)21-4-7(12(22)23)8(5-21)14(17,18)19/h2-3,7-8H,4-5H2,1H3,(H,20,24)(H,22,23)/t7-,8-/m1/s1. The Labute approximate surface area is 139 Å². The van der Waals surface area contributed by atoms with Gasteiger partial charge in [0, 0.05) is 18.7 Å². The highest BCUT2D eigenvalue weighted by molar-refractivity contribution is 6.33. The molecule has 1 aliphatic rings. The Morgan fingerprint density at radius 2 is 1.96 bits per heavy atom. The molecule has 0 spiro atoms. The van der Waals surface area contributed by atoms with E-state index < -0.39 is 48.9 Å². The number of hydrogen-bond donors (Lipinski definition) is 2. The summed E-state index contributed by atoms with van der Waals surface area (Å²) >= 11 is 5.86. The first kappa shape index (κ1) is 18.3. The molecule has 0 unspecified atom stereocenters. The second kappa shape index (κ2) is 6.46. The summed E-state index contributed by atoms with van der Waals surface area (Å²) < 4.78 is 52.3. The van der Waals surface area contributed by atoms with Crippen molar-refractivity contribution in [3.05, 3.63) is 28.5 Å². The van der Waals surface area contributed by atoms with E-state index in [4.69, 9.17) is 16.7 Å². The molecular weight excluding hydrogens is 356 g/mol. The van der Waals surface area contributed by atoms with Gasteiger partial charge in [-0.3, -0.25) is 4.79 Å². The van der Waals surface area contributed by atoms with Crippen LogP contribution in [0, 0.1) is 24.6 Å². The van der Waals surface area contributed by atoms with Gasteiger partial charge in [0.15, 0.2) is 0 Å². The van der Waals surface area contributed by atoms with Gasteiger partial charge in [-0.15, -0.1) is 0 Å². The van der Waals surface area contributed by atoms with E-state index in [2.05, 4.69) is 5.32 Å². The van der Waals surface area contributed by atoms with Crippen molar-refractivity contribution in [3.8, 4) is 0 Å². The van der Waals surface area contributed by atoms with Crippen LogP contribution >= 0.6 is 11.6 Å². The Balaban J connectivity index is 2.20. The summed E-state index contributed by atoms with van der Waals surface area (Å²) in [6, 6.07) is 1.31. The van der Waals surface area contributed by atoms with Crippen molar-refractivity contribution in [1.82, 2.24) is 4.90 Å². The van der Waals surface area contributed by atoms with Crippen LogP contribution in [0.5, 0.6) is 0 Å². The van der Waals surface area contributed by atoms with Gasteiger partial charge in [0.05, 0.1) is 22.5 Å². The van der Waals surface area contributed by atoms with Crippen LogP contribution < -0.4 is 5.32 Å². The van der Waals surface area contributed by atoms with Crippen LogP contribution in [0.25, 0.3) is 0 Å². The number of rotatable bonds is 2. The van der Waals surface area contributed by atoms with Crippen LogP contribution in [0.3, 0.4) is 0 Å². The molecule has 1 aliphatic heterocycles. The van der Waals surface area contributed by atoms with Gasteiger partial charge < -0.3 is 15.3 Å². The van der Waals surface area contributed by atoms with E-state index in [0.717, 1.165) is 11.0 Å². The molecule has 132 valence electrons. The second-order valence-corrected chi connectivity index (χ2v) is 5.86. The SMILES string of the molecule is Cc1c(F)ccc(Cl)c1NC(=O)N1C[C@@H](C(F)(F)F)[C@H](C(=O)O)C1. The van der Waals surface area contributed by atoms with Crippen LogP contribution in [0.4, 0.5) is 28.0 Å². The zero-order valence-corrected chi connectivity index (χ0v) is 13.1. The molecule has 2 atom stereocenters. The van der Waals surface area contributed by atoms with E-state index in [0.29, 0.717) is 0 Å². The lowest BCUT2D eigenvalue weighted by Crippen LogP contribution is -2.35. The smallest absolute Gasteiger partial charge is 0.394 e. The Bertz CT molecular complexity index is 681. The summed E-state index contributed by atoms with van der Waals surface area (Å²) in [4.78, 5) is 23.9.